The zero-order valence-corrected chi connectivity index (χ0v) is 11.4. The van der Waals surface area contributed by atoms with Crippen LogP contribution in [0.2, 0.25) is 0 Å². The smallest absolute Gasteiger partial charge is 0.331 e. The maximum atomic E-state index is 11.0. The Morgan fingerprint density at radius 3 is 1.94 bits per heavy atom. The molecular formula is C13H24O4. The van der Waals surface area contributed by atoms with Crippen LogP contribution in [0.5, 0.6) is 0 Å². The zero-order valence-electron chi connectivity index (χ0n) is 11.4. The van der Waals surface area contributed by atoms with Gasteiger partial charge in [0.25, 0.3) is 0 Å². The lowest BCUT2D eigenvalue weighted by atomic mass is 10.1. The minimum Gasteiger partial charge on any atom is -0.478 e. The standard InChI is InChI=1S/C13H24O4/c1-6-7-11(13(14)15)8-12(16-9(2)3)17-10(4)5/h8-10,12H,6-7H2,1-5H3,(H,14,15). The van der Waals surface area contributed by atoms with Crippen molar-refractivity contribution in [2.45, 2.75) is 66.0 Å². The minimum atomic E-state index is -0.906. The summed E-state index contributed by atoms with van der Waals surface area (Å²) in [4.78, 5) is 11.0. The number of aliphatic carboxylic acids is 1. The number of rotatable bonds is 8. The SMILES string of the molecule is CCCC(=CC(OC(C)C)OC(C)C)C(=O)O. The van der Waals surface area contributed by atoms with E-state index in [4.69, 9.17) is 14.6 Å². The summed E-state index contributed by atoms with van der Waals surface area (Å²) in [6.45, 7) is 9.52. The van der Waals surface area contributed by atoms with Crippen molar-refractivity contribution >= 4 is 5.97 Å². The first-order valence-corrected chi connectivity index (χ1v) is 6.11. The van der Waals surface area contributed by atoms with Crippen LogP contribution in [0.3, 0.4) is 0 Å². The van der Waals surface area contributed by atoms with Gasteiger partial charge in [0.05, 0.1) is 12.2 Å². The molecule has 0 saturated heterocycles. The number of hydrogen-bond donors (Lipinski definition) is 1. The fourth-order valence-electron chi connectivity index (χ4n) is 1.34. The van der Waals surface area contributed by atoms with Crippen LogP contribution in [0.4, 0.5) is 0 Å². The van der Waals surface area contributed by atoms with Gasteiger partial charge in [0.15, 0.2) is 6.29 Å². The lowest BCUT2D eigenvalue weighted by Crippen LogP contribution is -2.23. The number of carbonyl (C=O) groups is 1. The van der Waals surface area contributed by atoms with E-state index in [2.05, 4.69) is 0 Å². The summed E-state index contributed by atoms with van der Waals surface area (Å²) < 4.78 is 11.1. The quantitative estimate of drug-likeness (QED) is 0.527. The van der Waals surface area contributed by atoms with Gasteiger partial charge >= 0.3 is 5.97 Å². The summed E-state index contributed by atoms with van der Waals surface area (Å²) in [5.41, 5.74) is 0.346. The molecule has 0 fully saturated rings. The average Bonchev–Trinajstić information content (AvgIpc) is 2.14. The maximum Gasteiger partial charge on any atom is 0.331 e. The molecule has 0 bridgehead atoms. The van der Waals surface area contributed by atoms with Gasteiger partial charge in [-0.2, -0.15) is 0 Å². The van der Waals surface area contributed by atoms with E-state index >= 15 is 0 Å². The Kier molecular flexibility index (Phi) is 7.83. The second-order valence-electron chi connectivity index (χ2n) is 4.49. The maximum absolute atomic E-state index is 11.0. The molecule has 0 aliphatic carbocycles. The third-order valence-corrected chi connectivity index (χ3v) is 1.94. The summed E-state index contributed by atoms with van der Waals surface area (Å²) in [6.07, 6.45) is 2.26. The molecule has 0 unspecified atom stereocenters. The van der Waals surface area contributed by atoms with E-state index in [1.807, 2.05) is 34.6 Å². The molecule has 0 aliphatic rings. The van der Waals surface area contributed by atoms with Gasteiger partial charge in [-0.05, 0) is 40.2 Å². The van der Waals surface area contributed by atoms with Crippen molar-refractivity contribution in [1.82, 2.24) is 0 Å². The van der Waals surface area contributed by atoms with Crippen LogP contribution in [-0.2, 0) is 14.3 Å². The Labute approximate surface area is 104 Å². The van der Waals surface area contributed by atoms with Gasteiger partial charge in [0.2, 0.25) is 0 Å². The van der Waals surface area contributed by atoms with E-state index in [0.29, 0.717) is 12.0 Å². The Bertz CT molecular complexity index is 246. The van der Waals surface area contributed by atoms with Crippen LogP contribution >= 0.6 is 0 Å². The molecule has 0 heterocycles. The summed E-state index contributed by atoms with van der Waals surface area (Å²) in [5, 5.41) is 9.04. The van der Waals surface area contributed by atoms with Crippen LogP contribution < -0.4 is 0 Å². The van der Waals surface area contributed by atoms with Crippen LogP contribution in [0.1, 0.15) is 47.5 Å². The Morgan fingerprint density at radius 2 is 1.65 bits per heavy atom. The van der Waals surface area contributed by atoms with E-state index in [0.717, 1.165) is 6.42 Å². The van der Waals surface area contributed by atoms with Gasteiger partial charge in [0.1, 0.15) is 0 Å². The van der Waals surface area contributed by atoms with E-state index in [1.165, 1.54) is 0 Å². The van der Waals surface area contributed by atoms with Gasteiger partial charge in [0, 0.05) is 5.57 Å². The molecule has 4 nitrogen and oxygen atoms in total. The predicted octanol–water partition coefficient (Wildman–Crippen LogP) is 2.97. The monoisotopic (exact) mass is 244 g/mol. The van der Waals surface area contributed by atoms with E-state index in [9.17, 15) is 4.79 Å². The Morgan fingerprint density at radius 1 is 1.18 bits per heavy atom. The predicted molar refractivity (Wildman–Crippen MR) is 66.9 cm³/mol. The highest BCUT2D eigenvalue weighted by Crippen LogP contribution is 2.12. The topological polar surface area (TPSA) is 55.8 Å². The van der Waals surface area contributed by atoms with Gasteiger partial charge < -0.3 is 14.6 Å². The van der Waals surface area contributed by atoms with Crippen molar-refractivity contribution < 1.29 is 19.4 Å². The van der Waals surface area contributed by atoms with Crippen LogP contribution in [0, 0.1) is 0 Å². The minimum absolute atomic E-state index is 0.00771. The zero-order chi connectivity index (χ0) is 13.4. The first kappa shape index (κ1) is 16.1. The lowest BCUT2D eigenvalue weighted by molar-refractivity contribution is -0.154. The molecule has 17 heavy (non-hydrogen) atoms. The fraction of sp³-hybridized carbons (Fsp3) is 0.769. The molecule has 0 saturated carbocycles. The fourth-order valence-corrected chi connectivity index (χ4v) is 1.34. The second kappa shape index (κ2) is 8.25. The summed E-state index contributed by atoms with van der Waals surface area (Å²) in [5.74, 6) is -0.906. The molecule has 0 aromatic rings. The first-order valence-electron chi connectivity index (χ1n) is 6.11. The molecule has 4 heteroatoms. The molecule has 0 aromatic carbocycles. The van der Waals surface area contributed by atoms with Gasteiger partial charge in [-0.1, -0.05) is 13.3 Å². The van der Waals surface area contributed by atoms with E-state index in [1.54, 1.807) is 6.08 Å². The highest BCUT2D eigenvalue weighted by atomic mass is 16.7. The van der Waals surface area contributed by atoms with Crippen molar-refractivity contribution in [1.29, 1.82) is 0 Å². The molecule has 0 rings (SSSR count). The van der Waals surface area contributed by atoms with Crippen LogP contribution in [-0.4, -0.2) is 29.6 Å². The molecule has 0 aliphatic heterocycles. The molecule has 100 valence electrons. The third kappa shape index (κ3) is 7.94. The summed E-state index contributed by atoms with van der Waals surface area (Å²) in [7, 11) is 0. The molecule has 0 amide bonds. The highest BCUT2D eigenvalue weighted by molar-refractivity contribution is 5.86. The highest BCUT2D eigenvalue weighted by Gasteiger charge is 2.15. The average molecular weight is 244 g/mol. The molecule has 0 atom stereocenters. The molecule has 0 radical (unpaired) electrons. The lowest BCUT2D eigenvalue weighted by Gasteiger charge is -2.20. The molecular weight excluding hydrogens is 220 g/mol. The number of carboxylic acid groups (broad SMARTS) is 1. The van der Waals surface area contributed by atoms with Crippen molar-refractivity contribution in [3.8, 4) is 0 Å². The van der Waals surface area contributed by atoms with Crippen LogP contribution in [0.25, 0.3) is 0 Å². The number of carboxylic acids is 1. The third-order valence-electron chi connectivity index (χ3n) is 1.94. The first-order chi connectivity index (χ1) is 7.86. The summed E-state index contributed by atoms with van der Waals surface area (Å²) >= 11 is 0. The van der Waals surface area contributed by atoms with E-state index in [-0.39, 0.29) is 12.2 Å². The van der Waals surface area contributed by atoms with Gasteiger partial charge in [-0.3, -0.25) is 0 Å². The normalized spacial score (nSPS) is 12.8. The molecule has 0 aromatic heterocycles. The Hall–Kier alpha value is -0.870. The molecule has 0 spiro atoms. The van der Waals surface area contributed by atoms with E-state index < -0.39 is 12.3 Å². The van der Waals surface area contributed by atoms with Crippen molar-refractivity contribution in [2.24, 2.45) is 0 Å². The van der Waals surface area contributed by atoms with Gasteiger partial charge in [-0.25, -0.2) is 4.79 Å². The largest absolute Gasteiger partial charge is 0.478 e. The number of ether oxygens (including phenoxy) is 2. The van der Waals surface area contributed by atoms with Crippen molar-refractivity contribution in [2.75, 3.05) is 0 Å². The molecule has 1 N–H and O–H groups in total. The Balaban J connectivity index is 4.75. The number of hydrogen-bond acceptors (Lipinski definition) is 3. The van der Waals surface area contributed by atoms with Crippen molar-refractivity contribution in [3.63, 3.8) is 0 Å². The van der Waals surface area contributed by atoms with Gasteiger partial charge in [-0.15, -0.1) is 0 Å². The van der Waals surface area contributed by atoms with Crippen molar-refractivity contribution in [3.05, 3.63) is 11.6 Å². The second-order valence-corrected chi connectivity index (χ2v) is 4.49. The summed E-state index contributed by atoms with van der Waals surface area (Å²) in [6, 6.07) is 0. The van der Waals surface area contributed by atoms with Crippen LogP contribution in [0.15, 0.2) is 11.6 Å².